The molecular formula is C12H24N4O3. The van der Waals surface area contributed by atoms with Crippen LogP contribution >= 0.6 is 0 Å². The van der Waals surface area contributed by atoms with Crippen molar-refractivity contribution in [2.24, 2.45) is 5.73 Å². The van der Waals surface area contributed by atoms with Crippen LogP contribution in [0.1, 0.15) is 20.8 Å². The number of nitrogens with one attached hydrogen (secondary N) is 2. The van der Waals surface area contributed by atoms with E-state index in [0.717, 1.165) is 0 Å². The summed E-state index contributed by atoms with van der Waals surface area (Å²) in [6, 6.07) is -0.925. The van der Waals surface area contributed by atoms with Crippen molar-refractivity contribution in [1.29, 1.82) is 0 Å². The molecule has 3 atom stereocenters. The van der Waals surface area contributed by atoms with Crippen LogP contribution in [0, 0.1) is 0 Å². The van der Waals surface area contributed by atoms with E-state index in [9.17, 15) is 9.59 Å². The van der Waals surface area contributed by atoms with Crippen molar-refractivity contribution < 1.29 is 14.3 Å². The van der Waals surface area contributed by atoms with Gasteiger partial charge in [0.2, 0.25) is 5.91 Å². The Labute approximate surface area is 113 Å². The second kappa shape index (κ2) is 7.42. The Kier molecular flexibility index (Phi) is 6.20. The van der Waals surface area contributed by atoms with Crippen molar-refractivity contribution >= 4 is 11.9 Å². The number of morpholine rings is 1. The maximum Gasteiger partial charge on any atom is 0.321 e. The van der Waals surface area contributed by atoms with Gasteiger partial charge in [0.1, 0.15) is 0 Å². The smallest absolute Gasteiger partial charge is 0.321 e. The molecule has 1 fully saturated rings. The number of rotatable bonds is 4. The Hall–Kier alpha value is -1.18. The molecule has 0 aromatic rings. The lowest BCUT2D eigenvalue weighted by Crippen LogP contribution is -2.56. The van der Waals surface area contributed by atoms with E-state index < -0.39 is 6.03 Å². The van der Waals surface area contributed by atoms with Crippen molar-refractivity contribution in [2.45, 2.75) is 39.0 Å². The average molecular weight is 272 g/mol. The van der Waals surface area contributed by atoms with Crippen LogP contribution in [0.5, 0.6) is 0 Å². The molecule has 110 valence electrons. The van der Waals surface area contributed by atoms with Gasteiger partial charge in [-0.15, -0.1) is 0 Å². The molecule has 1 heterocycles. The molecule has 1 aliphatic heterocycles. The summed E-state index contributed by atoms with van der Waals surface area (Å²) in [6.45, 7) is 7.74. The molecule has 0 saturated carbocycles. The number of nitrogens with two attached hydrogens (primary N) is 1. The second-order valence-corrected chi connectivity index (χ2v) is 4.79. The molecule has 0 spiro atoms. The quantitative estimate of drug-likeness (QED) is 0.627. The van der Waals surface area contributed by atoms with Gasteiger partial charge in [-0.2, -0.15) is 0 Å². The molecule has 19 heavy (non-hydrogen) atoms. The van der Waals surface area contributed by atoms with E-state index in [0.29, 0.717) is 26.2 Å². The van der Waals surface area contributed by atoms with Crippen LogP contribution in [0.4, 0.5) is 4.79 Å². The first-order chi connectivity index (χ1) is 8.95. The molecule has 0 bridgehead atoms. The number of urea groups is 1. The number of ether oxygens (including phenoxy) is 1. The van der Waals surface area contributed by atoms with Crippen molar-refractivity contribution in [1.82, 2.24) is 15.5 Å². The second-order valence-electron chi connectivity index (χ2n) is 4.79. The number of nitrogens with zero attached hydrogens (tertiary/aromatic N) is 1. The third-order valence-corrected chi connectivity index (χ3v) is 3.21. The first-order valence-electron chi connectivity index (χ1n) is 6.65. The molecule has 1 rings (SSSR count). The van der Waals surface area contributed by atoms with Gasteiger partial charge in [0.15, 0.2) is 0 Å². The van der Waals surface area contributed by atoms with Crippen molar-refractivity contribution in [3.63, 3.8) is 0 Å². The van der Waals surface area contributed by atoms with Crippen molar-refractivity contribution in [3.8, 4) is 0 Å². The normalized spacial score (nSPS) is 23.5. The van der Waals surface area contributed by atoms with Gasteiger partial charge in [0, 0.05) is 25.7 Å². The maximum atomic E-state index is 11.9. The first kappa shape index (κ1) is 15.9. The van der Waals surface area contributed by atoms with Crippen LogP contribution in [0.25, 0.3) is 0 Å². The van der Waals surface area contributed by atoms with Crippen LogP contribution in [0.2, 0.25) is 0 Å². The predicted octanol–water partition coefficient (Wildman–Crippen LogP) is -0.731. The number of imide groups is 1. The largest absolute Gasteiger partial charge is 0.374 e. The van der Waals surface area contributed by atoms with Gasteiger partial charge in [0.25, 0.3) is 0 Å². The lowest BCUT2D eigenvalue weighted by atomic mass is 10.1. The Balaban J connectivity index is 2.49. The van der Waals surface area contributed by atoms with Gasteiger partial charge in [-0.25, -0.2) is 4.79 Å². The van der Waals surface area contributed by atoms with E-state index in [2.05, 4.69) is 10.6 Å². The highest BCUT2D eigenvalue weighted by Gasteiger charge is 2.29. The Bertz CT molecular complexity index is 322. The van der Waals surface area contributed by atoms with Crippen LogP contribution < -0.4 is 16.4 Å². The molecule has 1 aliphatic rings. The van der Waals surface area contributed by atoms with E-state index in [1.807, 2.05) is 11.8 Å². The standard InChI is InChI=1S/C12H24N4O3/c1-4-14-12(18)15-11(17)9(3)16-5-6-19-10(7-16)8(2)13/h8-10H,4-7,13H2,1-3H3,(H2,14,15,17,18). The zero-order chi connectivity index (χ0) is 14.4. The lowest BCUT2D eigenvalue weighted by molar-refractivity contribution is -0.128. The summed E-state index contributed by atoms with van der Waals surface area (Å²) in [5.74, 6) is -0.309. The van der Waals surface area contributed by atoms with Gasteiger partial charge >= 0.3 is 6.03 Å². The fourth-order valence-electron chi connectivity index (χ4n) is 1.95. The van der Waals surface area contributed by atoms with Gasteiger partial charge in [-0.3, -0.25) is 15.0 Å². The summed E-state index contributed by atoms with van der Waals surface area (Å²) >= 11 is 0. The van der Waals surface area contributed by atoms with Gasteiger partial charge in [0.05, 0.1) is 18.8 Å². The minimum atomic E-state index is -0.462. The first-order valence-corrected chi connectivity index (χ1v) is 6.65. The van der Waals surface area contributed by atoms with E-state index in [1.165, 1.54) is 0 Å². The molecule has 7 nitrogen and oxygen atoms in total. The maximum absolute atomic E-state index is 11.9. The third-order valence-electron chi connectivity index (χ3n) is 3.21. The Morgan fingerprint density at radius 3 is 2.74 bits per heavy atom. The summed E-state index contributed by atoms with van der Waals surface area (Å²) in [6.07, 6.45) is -0.0755. The van der Waals surface area contributed by atoms with Gasteiger partial charge in [-0.05, 0) is 20.8 Å². The fraction of sp³-hybridized carbons (Fsp3) is 0.833. The molecule has 7 heteroatoms. The summed E-state index contributed by atoms with van der Waals surface area (Å²) in [7, 11) is 0. The highest BCUT2D eigenvalue weighted by molar-refractivity contribution is 5.96. The molecule has 3 amide bonds. The minimum absolute atomic E-state index is 0.0755. The molecular weight excluding hydrogens is 248 g/mol. The van der Waals surface area contributed by atoms with Crippen molar-refractivity contribution in [2.75, 3.05) is 26.2 Å². The number of carbonyl (C=O) groups excluding carboxylic acids is 2. The monoisotopic (exact) mass is 272 g/mol. The highest BCUT2D eigenvalue weighted by atomic mass is 16.5. The molecule has 4 N–H and O–H groups in total. The van der Waals surface area contributed by atoms with E-state index in [1.54, 1.807) is 13.8 Å². The van der Waals surface area contributed by atoms with Crippen molar-refractivity contribution in [3.05, 3.63) is 0 Å². The highest BCUT2D eigenvalue weighted by Crippen LogP contribution is 2.11. The lowest BCUT2D eigenvalue weighted by Gasteiger charge is -2.37. The summed E-state index contributed by atoms with van der Waals surface area (Å²) in [5, 5.41) is 4.85. The summed E-state index contributed by atoms with van der Waals surface area (Å²) < 4.78 is 5.54. The molecule has 1 saturated heterocycles. The molecule has 0 radical (unpaired) electrons. The summed E-state index contributed by atoms with van der Waals surface area (Å²) in [4.78, 5) is 25.2. The molecule has 3 unspecified atom stereocenters. The number of hydrogen-bond donors (Lipinski definition) is 3. The average Bonchev–Trinajstić information content (AvgIpc) is 2.38. The topological polar surface area (TPSA) is 96.7 Å². The molecule has 0 aromatic carbocycles. The fourth-order valence-corrected chi connectivity index (χ4v) is 1.95. The van der Waals surface area contributed by atoms with E-state index >= 15 is 0 Å². The van der Waals surface area contributed by atoms with E-state index in [-0.39, 0.29) is 24.1 Å². The number of amides is 3. The third kappa shape index (κ3) is 4.77. The SMILES string of the molecule is CCNC(=O)NC(=O)C(C)N1CCOC(C(C)N)C1. The minimum Gasteiger partial charge on any atom is -0.374 e. The zero-order valence-corrected chi connectivity index (χ0v) is 11.8. The molecule has 0 aromatic heterocycles. The van der Waals surface area contributed by atoms with Crippen LogP contribution in [0.3, 0.4) is 0 Å². The van der Waals surface area contributed by atoms with Crippen LogP contribution in [0.15, 0.2) is 0 Å². The predicted molar refractivity (Wildman–Crippen MR) is 71.6 cm³/mol. The zero-order valence-electron chi connectivity index (χ0n) is 11.8. The van der Waals surface area contributed by atoms with E-state index in [4.69, 9.17) is 10.5 Å². The number of hydrogen-bond acceptors (Lipinski definition) is 5. The van der Waals surface area contributed by atoms with Crippen LogP contribution in [-0.2, 0) is 9.53 Å². The Morgan fingerprint density at radius 2 is 2.16 bits per heavy atom. The van der Waals surface area contributed by atoms with Gasteiger partial charge < -0.3 is 15.8 Å². The molecule has 0 aliphatic carbocycles. The van der Waals surface area contributed by atoms with Crippen LogP contribution in [-0.4, -0.2) is 61.3 Å². The number of carbonyl (C=O) groups is 2. The summed E-state index contributed by atoms with van der Waals surface area (Å²) in [5.41, 5.74) is 5.81. The Morgan fingerprint density at radius 1 is 1.47 bits per heavy atom. The van der Waals surface area contributed by atoms with Gasteiger partial charge in [-0.1, -0.05) is 0 Å².